The van der Waals surface area contributed by atoms with Crippen molar-refractivity contribution in [3.63, 3.8) is 0 Å². The van der Waals surface area contributed by atoms with Gasteiger partial charge in [0.15, 0.2) is 6.10 Å². The number of carbonyl (C=O) groups is 1. The zero-order valence-corrected chi connectivity index (χ0v) is 12.6. The molecule has 112 valence electrons. The highest BCUT2D eigenvalue weighted by molar-refractivity contribution is 5.72. The number of hydrogen-bond acceptors (Lipinski definition) is 3. The first-order valence-electron chi connectivity index (χ1n) is 7.23. The molecule has 4 heteroatoms. The smallest absolute Gasteiger partial charge is 0.344 e. The number of aliphatic carboxylic acids is 1. The van der Waals surface area contributed by atoms with E-state index in [9.17, 15) is 9.90 Å². The van der Waals surface area contributed by atoms with Crippen LogP contribution in [0.1, 0.15) is 44.2 Å². The lowest BCUT2D eigenvalue weighted by atomic mass is 10.0. The predicted molar refractivity (Wildman–Crippen MR) is 80.1 cm³/mol. The van der Waals surface area contributed by atoms with Crippen LogP contribution in [0.3, 0.4) is 0 Å². The second-order valence-electron chi connectivity index (χ2n) is 5.17. The molecule has 0 aliphatic carbocycles. The van der Waals surface area contributed by atoms with Crippen molar-refractivity contribution < 1.29 is 14.6 Å². The lowest BCUT2D eigenvalue weighted by Gasteiger charge is -2.20. The third-order valence-corrected chi connectivity index (χ3v) is 3.39. The molecule has 20 heavy (non-hydrogen) atoms. The Balaban J connectivity index is 2.99. The van der Waals surface area contributed by atoms with Gasteiger partial charge >= 0.3 is 5.97 Å². The molecule has 0 aliphatic rings. The molecule has 0 radical (unpaired) electrons. The Bertz CT molecular complexity index is 445. The molecule has 1 aromatic carbocycles. The molecule has 3 N–H and O–H groups in total. The summed E-state index contributed by atoms with van der Waals surface area (Å²) in [7, 11) is 0. The second kappa shape index (κ2) is 7.90. The molecule has 0 spiro atoms. The number of benzene rings is 1. The maximum Gasteiger partial charge on any atom is 0.344 e. The molecule has 0 saturated heterocycles. The molecular weight excluding hydrogens is 254 g/mol. The molecule has 2 unspecified atom stereocenters. The van der Waals surface area contributed by atoms with Crippen molar-refractivity contribution in [2.45, 2.75) is 58.6 Å². The molecule has 1 rings (SSSR count). The van der Waals surface area contributed by atoms with E-state index >= 15 is 0 Å². The van der Waals surface area contributed by atoms with Crippen molar-refractivity contribution in [1.82, 2.24) is 0 Å². The fourth-order valence-corrected chi connectivity index (χ4v) is 2.11. The highest BCUT2D eigenvalue weighted by Crippen LogP contribution is 2.27. The standard InChI is InChI=1S/C16H25NO3/c1-4-7-14(16(18)19)20-15-11(3)8-6-9-12(15)10-13(17)5-2/h6,8-9,13-14H,4-5,7,10,17H2,1-3H3,(H,18,19). The van der Waals surface area contributed by atoms with Gasteiger partial charge in [0.25, 0.3) is 0 Å². The van der Waals surface area contributed by atoms with Crippen LogP contribution in [0.25, 0.3) is 0 Å². The van der Waals surface area contributed by atoms with E-state index < -0.39 is 12.1 Å². The quantitative estimate of drug-likeness (QED) is 0.767. The molecule has 0 fully saturated rings. The first-order chi connectivity index (χ1) is 9.49. The van der Waals surface area contributed by atoms with Crippen LogP contribution in [-0.4, -0.2) is 23.2 Å². The third kappa shape index (κ3) is 4.53. The molecule has 2 atom stereocenters. The van der Waals surface area contributed by atoms with E-state index in [1.54, 1.807) is 0 Å². The normalized spacial score (nSPS) is 13.8. The number of carboxylic acids is 1. The van der Waals surface area contributed by atoms with Crippen LogP contribution < -0.4 is 10.5 Å². The summed E-state index contributed by atoms with van der Waals surface area (Å²) in [6.07, 6.45) is 2.06. The van der Waals surface area contributed by atoms with Crippen LogP contribution in [0.15, 0.2) is 18.2 Å². The summed E-state index contributed by atoms with van der Waals surface area (Å²) in [4.78, 5) is 11.2. The Morgan fingerprint density at radius 2 is 2.10 bits per heavy atom. The molecule has 0 aromatic heterocycles. The van der Waals surface area contributed by atoms with Gasteiger partial charge in [0.2, 0.25) is 0 Å². The minimum Gasteiger partial charge on any atom is -0.479 e. The minimum atomic E-state index is -0.916. The molecule has 1 aromatic rings. The number of para-hydroxylation sites is 1. The van der Waals surface area contributed by atoms with E-state index in [1.807, 2.05) is 39.0 Å². The second-order valence-corrected chi connectivity index (χ2v) is 5.17. The number of aryl methyl sites for hydroxylation is 1. The topological polar surface area (TPSA) is 72.5 Å². The van der Waals surface area contributed by atoms with Gasteiger partial charge in [-0.3, -0.25) is 0 Å². The molecular formula is C16H25NO3. The van der Waals surface area contributed by atoms with Crippen molar-refractivity contribution in [3.05, 3.63) is 29.3 Å². The van der Waals surface area contributed by atoms with E-state index in [1.165, 1.54) is 0 Å². The molecule has 0 saturated carbocycles. The van der Waals surface area contributed by atoms with Gasteiger partial charge in [0.05, 0.1) is 0 Å². The van der Waals surface area contributed by atoms with Crippen molar-refractivity contribution in [1.29, 1.82) is 0 Å². The Kier molecular flexibility index (Phi) is 6.52. The van der Waals surface area contributed by atoms with Gasteiger partial charge in [-0.05, 0) is 37.3 Å². The van der Waals surface area contributed by atoms with E-state index in [0.717, 1.165) is 24.0 Å². The first kappa shape index (κ1) is 16.5. The Labute approximate surface area is 120 Å². The lowest BCUT2D eigenvalue weighted by molar-refractivity contribution is -0.145. The summed E-state index contributed by atoms with van der Waals surface area (Å²) < 4.78 is 5.77. The highest BCUT2D eigenvalue weighted by Gasteiger charge is 2.21. The molecule has 0 aliphatic heterocycles. The van der Waals surface area contributed by atoms with Crippen molar-refractivity contribution >= 4 is 5.97 Å². The Hall–Kier alpha value is -1.55. The molecule has 4 nitrogen and oxygen atoms in total. The minimum absolute atomic E-state index is 0.0635. The summed E-state index contributed by atoms with van der Waals surface area (Å²) in [5, 5.41) is 9.23. The fraction of sp³-hybridized carbons (Fsp3) is 0.562. The average molecular weight is 279 g/mol. The highest BCUT2D eigenvalue weighted by atomic mass is 16.5. The van der Waals surface area contributed by atoms with Crippen LogP contribution in [-0.2, 0) is 11.2 Å². The van der Waals surface area contributed by atoms with Crippen LogP contribution in [0, 0.1) is 6.92 Å². The SMILES string of the molecule is CCCC(Oc1c(C)cccc1CC(N)CC)C(=O)O. The summed E-state index contributed by atoms with van der Waals surface area (Å²) in [6.45, 7) is 5.92. The van der Waals surface area contributed by atoms with E-state index in [4.69, 9.17) is 10.5 Å². The zero-order valence-electron chi connectivity index (χ0n) is 12.6. The summed E-state index contributed by atoms with van der Waals surface area (Å²) >= 11 is 0. The number of hydrogen-bond donors (Lipinski definition) is 2. The van der Waals surface area contributed by atoms with Gasteiger partial charge in [-0.15, -0.1) is 0 Å². The third-order valence-electron chi connectivity index (χ3n) is 3.39. The average Bonchev–Trinajstić information content (AvgIpc) is 2.41. The van der Waals surface area contributed by atoms with E-state index in [0.29, 0.717) is 18.6 Å². The van der Waals surface area contributed by atoms with Crippen LogP contribution in [0.4, 0.5) is 0 Å². The summed E-state index contributed by atoms with van der Waals surface area (Å²) in [6, 6.07) is 5.91. The van der Waals surface area contributed by atoms with Crippen LogP contribution in [0.2, 0.25) is 0 Å². The maximum atomic E-state index is 11.2. The molecule has 0 heterocycles. The van der Waals surface area contributed by atoms with Gasteiger partial charge in [0, 0.05) is 6.04 Å². The first-order valence-corrected chi connectivity index (χ1v) is 7.23. The van der Waals surface area contributed by atoms with Gasteiger partial charge in [-0.25, -0.2) is 4.79 Å². The van der Waals surface area contributed by atoms with Crippen LogP contribution in [0.5, 0.6) is 5.75 Å². The van der Waals surface area contributed by atoms with E-state index in [-0.39, 0.29) is 6.04 Å². The number of nitrogens with two attached hydrogens (primary N) is 1. The summed E-state index contributed by atoms with van der Waals surface area (Å²) in [5.41, 5.74) is 7.94. The van der Waals surface area contributed by atoms with E-state index in [2.05, 4.69) is 0 Å². The van der Waals surface area contributed by atoms with Gasteiger partial charge in [0.1, 0.15) is 5.75 Å². The maximum absolute atomic E-state index is 11.2. The Morgan fingerprint density at radius 3 is 2.65 bits per heavy atom. The Morgan fingerprint density at radius 1 is 1.40 bits per heavy atom. The predicted octanol–water partition coefficient (Wildman–Crippen LogP) is 2.91. The van der Waals surface area contributed by atoms with Crippen molar-refractivity contribution in [3.8, 4) is 5.75 Å². The zero-order chi connectivity index (χ0) is 15.1. The van der Waals surface area contributed by atoms with Gasteiger partial charge < -0.3 is 15.6 Å². The van der Waals surface area contributed by atoms with Crippen molar-refractivity contribution in [2.24, 2.45) is 5.73 Å². The molecule has 0 amide bonds. The van der Waals surface area contributed by atoms with Gasteiger partial charge in [-0.2, -0.15) is 0 Å². The number of rotatable bonds is 8. The van der Waals surface area contributed by atoms with Crippen LogP contribution >= 0.6 is 0 Å². The number of carboxylic acid groups (broad SMARTS) is 1. The lowest BCUT2D eigenvalue weighted by Crippen LogP contribution is -2.28. The van der Waals surface area contributed by atoms with Crippen molar-refractivity contribution in [2.75, 3.05) is 0 Å². The number of ether oxygens (including phenoxy) is 1. The summed E-state index contributed by atoms with van der Waals surface area (Å²) in [5.74, 6) is -0.238. The fourth-order valence-electron chi connectivity index (χ4n) is 2.11. The van der Waals surface area contributed by atoms with Gasteiger partial charge in [-0.1, -0.05) is 38.5 Å². The largest absolute Gasteiger partial charge is 0.479 e. The monoisotopic (exact) mass is 279 g/mol. The molecule has 0 bridgehead atoms.